The molecule has 0 spiro atoms. The SMILES string of the molecule is CC1CC2OC2CC1COCC1CC2OC2CC1C. The Labute approximate surface area is 116 Å². The van der Waals surface area contributed by atoms with E-state index in [1.165, 1.54) is 25.7 Å². The van der Waals surface area contributed by atoms with Gasteiger partial charge in [-0.05, 0) is 49.4 Å². The fraction of sp³-hybridized carbons (Fsp3) is 1.00. The van der Waals surface area contributed by atoms with Gasteiger partial charge in [0, 0.05) is 13.2 Å². The molecule has 3 heteroatoms. The zero-order chi connectivity index (χ0) is 13.0. The summed E-state index contributed by atoms with van der Waals surface area (Å²) in [5, 5.41) is 0. The Bertz CT molecular complexity index is 313. The van der Waals surface area contributed by atoms with Gasteiger partial charge in [0.05, 0.1) is 24.4 Å². The van der Waals surface area contributed by atoms with Gasteiger partial charge in [0.15, 0.2) is 0 Å². The first kappa shape index (κ1) is 12.6. The highest BCUT2D eigenvalue weighted by Crippen LogP contribution is 2.44. The summed E-state index contributed by atoms with van der Waals surface area (Å²) in [6.45, 7) is 6.59. The van der Waals surface area contributed by atoms with Gasteiger partial charge in [-0.1, -0.05) is 13.8 Å². The van der Waals surface area contributed by atoms with E-state index in [9.17, 15) is 0 Å². The van der Waals surface area contributed by atoms with Crippen LogP contribution in [0.25, 0.3) is 0 Å². The van der Waals surface area contributed by atoms with Crippen molar-refractivity contribution in [2.75, 3.05) is 13.2 Å². The second-order valence-corrected chi connectivity index (χ2v) is 7.38. The molecule has 8 atom stereocenters. The molecule has 2 saturated heterocycles. The maximum atomic E-state index is 6.08. The third-order valence-electron chi connectivity index (χ3n) is 5.93. The van der Waals surface area contributed by atoms with Crippen molar-refractivity contribution in [1.82, 2.24) is 0 Å². The lowest BCUT2D eigenvalue weighted by Crippen LogP contribution is -2.30. The van der Waals surface area contributed by atoms with E-state index in [0.29, 0.717) is 36.3 Å². The molecular formula is C16H26O3. The highest BCUT2D eigenvalue weighted by atomic mass is 16.6. The number of fused-ring (bicyclic) bond motifs is 2. The smallest absolute Gasteiger partial charge is 0.0845 e. The molecule has 4 rings (SSSR count). The third kappa shape index (κ3) is 2.57. The van der Waals surface area contributed by atoms with Crippen LogP contribution < -0.4 is 0 Å². The molecule has 0 bridgehead atoms. The molecule has 108 valence electrons. The summed E-state index contributed by atoms with van der Waals surface area (Å²) in [5.74, 6) is 2.97. The van der Waals surface area contributed by atoms with E-state index >= 15 is 0 Å². The van der Waals surface area contributed by atoms with Gasteiger partial charge in [-0.2, -0.15) is 0 Å². The quantitative estimate of drug-likeness (QED) is 0.734. The van der Waals surface area contributed by atoms with Crippen LogP contribution in [0.1, 0.15) is 39.5 Å². The van der Waals surface area contributed by atoms with Crippen LogP contribution in [0.4, 0.5) is 0 Å². The highest BCUT2D eigenvalue weighted by molar-refractivity contribution is 4.96. The molecule has 0 radical (unpaired) electrons. The normalized spacial score (nSPS) is 55.3. The monoisotopic (exact) mass is 266 g/mol. The fourth-order valence-electron chi connectivity index (χ4n) is 4.20. The molecule has 2 aliphatic carbocycles. The largest absolute Gasteiger partial charge is 0.381 e. The Morgan fingerprint density at radius 1 is 0.737 bits per heavy atom. The fourth-order valence-corrected chi connectivity index (χ4v) is 4.20. The Hall–Kier alpha value is -0.120. The molecule has 0 aromatic heterocycles. The molecule has 2 heterocycles. The van der Waals surface area contributed by atoms with Crippen LogP contribution in [0, 0.1) is 23.7 Å². The minimum atomic E-state index is 0.569. The molecule has 19 heavy (non-hydrogen) atoms. The predicted molar refractivity (Wildman–Crippen MR) is 71.9 cm³/mol. The zero-order valence-corrected chi connectivity index (χ0v) is 12.1. The molecule has 4 aliphatic rings. The van der Waals surface area contributed by atoms with Gasteiger partial charge in [-0.15, -0.1) is 0 Å². The van der Waals surface area contributed by atoms with E-state index in [1.54, 1.807) is 0 Å². The number of epoxide rings is 2. The Morgan fingerprint density at radius 2 is 1.16 bits per heavy atom. The van der Waals surface area contributed by atoms with Crippen molar-refractivity contribution in [2.45, 2.75) is 63.9 Å². The van der Waals surface area contributed by atoms with Crippen molar-refractivity contribution < 1.29 is 14.2 Å². The van der Waals surface area contributed by atoms with Crippen molar-refractivity contribution >= 4 is 0 Å². The van der Waals surface area contributed by atoms with Gasteiger partial charge in [0.1, 0.15) is 0 Å². The summed E-state index contributed by atoms with van der Waals surface area (Å²) in [7, 11) is 0. The van der Waals surface area contributed by atoms with Gasteiger partial charge in [0.2, 0.25) is 0 Å². The predicted octanol–water partition coefficient (Wildman–Crippen LogP) is 2.63. The number of hydrogen-bond donors (Lipinski definition) is 0. The molecule has 3 nitrogen and oxygen atoms in total. The molecule has 0 N–H and O–H groups in total. The van der Waals surface area contributed by atoms with Crippen LogP contribution in [0.2, 0.25) is 0 Å². The topological polar surface area (TPSA) is 34.3 Å². The van der Waals surface area contributed by atoms with E-state index in [0.717, 1.165) is 25.0 Å². The molecule has 2 aliphatic heterocycles. The first-order valence-corrected chi connectivity index (χ1v) is 8.09. The van der Waals surface area contributed by atoms with Crippen molar-refractivity contribution in [3.05, 3.63) is 0 Å². The molecule has 2 saturated carbocycles. The Morgan fingerprint density at radius 3 is 1.63 bits per heavy atom. The van der Waals surface area contributed by atoms with Gasteiger partial charge in [0.25, 0.3) is 0 Å². The first-order chi connectivity index (χ1) is 9.20. The maximum absolute atomic E-state index is 6.08. The lowest BCUT2D eigenvalue weighted by Gasteiger charge is -2.29. The number of hydrogen-bond acceptors (Lipinski definition) is 3. The highest BCUT2D eigenvalue weighted by Gasteiger charge is 2.48. The van der Waals surface area contributed by atoms with Crippen LogP contribution in [0.15, 0.2) is 0 Å². The molecule has 8 unspecified atom stereocenters. The first-order valence-electron chi connectivity index (χ1n) is 8.09. The lowest BCUT2D eigenvalue weighted by atomic mass is 9.80. The van der Waals surface area contributed by atoms with Crippen molar-refractivity contribution in [3.63, 3.8) is 0 Å². The summed E-state index contributed by atoms with van der Waals surface area (Å²) in [4.78, 5) is 0. The van der Waals surface area contributed by atoms with Gasteiger partial charge in [-0.25, -0.2) is 0 Å². The summed E-state index contributed by atoms with van der Waals surface area (Å²) in [5.41, 5.74) is 0. The van der Waals surface area contributed by atoms with E-state index in [1.807, 2.05) is 0 Å². The number of rotatable bonds is 4. The molecule has 0 amide bonds. The number of ether oxygens (including phenoxy) is 3. The standard InChI is InChI=1S/C16H26O3/c1-9-3-13-15(18-13)5-11(9)7-17-8-12-6-16-14(19-16)4-10(12)2/h9-16H,3-8H2,1-2H3. The summed E-state index contributed by atoms with van der Waals surface area (Å²) in [6, 6.07) is 0. The summed E-state index contributed by atoms with van der Waals surface area (Å²) >= 11 is 0. The van der Waals surface area contributed by atoms with E-state index in [2.05, 4.69) is 13.8 Å². The van der Waals surface area contributed by atoms with Gasteiger partial charge < -0.3 is 14.2 Å². The van der Waals surface area contributed by atoms with Crippen LogP contribution >= 0.6 is 0 Å². The van der Waals surface area contributed by atoms with E-state index < -0.39 is 0 Å². The average molecular weight is 266 g/mol. The van der Waals surface area contributed by atoms with Gasteiger partial charge in [-0.3, -0.25) is 0 Å². The maximum Gasteiger partial charge on any atom is 0.0845 e. The summed E-state index contributed by atoms with van der Waals surface area (Å²) < 4.78 is 17.4. The van der Waals surface area contributed by atoms with Crippen LogP contribution in [-0.4, -0.2) is 37.6 Å². The molecular weight excluding hydrogens is 240 g/mol. The van der Waals surface area contributed by atoms with E-state index in [-0.39, 0.29) is 0 Å². The average Bonchev–Trinajstić information content (AvgIpc) is 3.25. The molecule has 4 fully saturated rings. The second kappa shape index (κ2) is 4.71. The molecule has 0 aromatic carbocycles. The molecule has 0 aromatic rings. The zero-order valence-electron chi connectivity index (χ0n) is 12.1. The van der Waals surface area contributed by atoms with Crippen molar-refractivity contribution in [1.29, 1.82) is 0 Å². The van der Waals surface area contributed by atoms with Crippen LogP contribution in [0.5, 0.6) is 0 Å². The van der Waals surface area contributed by atoms with Crippen molar-refractivity contribution in [3.8, 4) is 0 Å². The van der Waals surface area contributed by atoms with E-state index in [4.69, 9.17) is 14.2 Å². The third-order valence-corrected chi connectivity index (χ3v) is 5.93. The van der Waals surface area contributed by atoms with Crippen LogP contribution in [-0.2, 0) is 14.2 Å². The Kier molecular flexibility index (Phi) is 3.13. The van der Waals surface area contributed by atoms with Gasteiger partial charge >= 0.3 is 0 Å². The van der Waals surface area contributed by atoms with Crippen LogP contribution in [0.3, 0.4) is 0 Å². The second-order valence-electron chi connectivity index (χ2n) is 7.38. The minimum absolute atomic E-state index is 0.569. The minimum Gasteiger partial charge on any atom is -0.381 e. The van der Waals surface area contributed by atoms with Crippen molar-refractivity contribution in [2.24, 2.45) is 23.7 Å². The summed E-state index contributed by atoms with van der Waals surface area (Å²) in [6.07, 6.45) is 7.26. The lowest BCUT2D eigenvalue weighted by molar-refractivity contribution is 0.0282. The Balaban J connectivity index is 1.22.